The lowest BCUT2D eigenvalue weighted by atomic mass is 9.85. The van der Waals surface area contributed by atoms with E-state index in [4.69, 9.17) is 5.73 Å². The van der Waals surface area contributed by atoms with Crippen LogP contribution in [-0.4, -0.2) is 35.8 Å². The van der Waals surface area contributed by atoms with Crippen LogP contribution in [0.4, 0.5) is 11.9 Å². The minimum atomic E-state index is 0.175. The molecule has 0 radical (unpaired) electrons. The van der Waals surface area contributed by atoms with Crippen molar-refractivity contribution in [2.24, 2.45) is 5.92 Å². The summed E-state index contributed by atoms with van der Waals surface area (Å²) in [5.74, 6) is 1.70. The molecule has 0 saturated heterocycles. The summed E-state index contributed by atoms with van der Waals surface area (Å²) in [5, 5.41) is 7.36. The Bertz CT molecular complexity index is 576. The monoisotopic (exact) mass is 288 g/mol. The van der Waals surface area contributed by atoms with Gasteiger partial charge in [0.1, 0.15) is 12.7 Å². The van der Waals surface area contributed by atoms with Gasteiger partial charge in [-0.2, -0.15) is 24.7 Å². The molecule has 0 bridgehead atoms. The lowest BCUT2D eigenvalue weighted by Gasteiger charge is -2.28. The van der Waals surface area contributed by atoms with Crippen molar-refractivity contribution in [1.29, 1.82) is 0 Å². The molecule has 21 heavy (non-hydrogen) atoms. The van der Waals surface area contributed by atoms with Crippen LogP contribution in [-0.2, 0) is 0 Å². The molecule has 2 heterocycles. The lowest BCUT2D eigenvalue weighted by molar-refractivity contribution is 0.327. The number of hydrogen-bond acceptors (Lipinski definition) is 7. The molecule has 112 valence electrons. The Labute approximate surface area is 123 Å². The first kappa shape index (κ1) is 13.7. The molecule has 2 aromatic rings. The standard InChI is InChI=1S/C13H20N8/c1-9(10-5-3-2-4-6-10)17-12-18-11(14)19-13(20-12)21-8-15-7-16-21/h7-10H,2-6H2,1H3,(H3,14,17,18,19,20). The first-order valence-corrected chi connectivity index (χ1v) is 7.35. The number of hydrogen-bond donors (Lipinski definition) is 2. The highest BCUT2D eigenvalue weighted by atomic mass is 15.4. The van der Waals surface area contributed by atoms with E-state index in [1.807, 2.05) is 0 Å². The van der Waals surface area contributed by atoms with Crippen LogP contribution in [0.1, 0.15) is 39.0 Å². The van der Waals surface area contributed by atoms with E-state index < -0.39 is 0 Å². The third-order valence-electron chi connectivity index (χ3n) is 3.98. The highest BCUT2D eigenvalue weighted by molar-refractivity contribution is 5.35. The van der Waals surface area contributed by atoms with Gasteiger partial charge in [-0.1, -0.05) is 19.3 Å². The predicted molar refractivity (Wildman–Crippen MR) is 78.8 cm³/mol. The Hall–Kier alpha value is -2.25. The van der Waals surface area contributed by atoms with Gasteiger partial charge in [0.15, 0.2) is 0 Å². The molecule has 1 aliphatic carbocycles. The highest BCUT2D eigenvalue weighted by Gasteiger charge is 2.21. The molecule has 8 nitrogen and oxygen atoms in total. The summed E-state index contributed by atoms with van der Waals surface area (Å²) < 4.78 is 1.47. The van der Waals surface area contributed by atoms with Crippen LogP contribution >= 0.6 is 0 Å². The second-order valence-electron chi connectivity index (χ2n) is 5.49. The van der Waals surface area contributed by atoms with Crippen molar-refractivity contribution < 1.29 is 0 Å². The Morgan fingerprint density at radius 1 is 1.24 bits per heavy atom. The molecule has 0 spiro atoms. The molecule has 0 aliphatic heterocycles. The van der Waals surface area contributed by atoms with Crippen molar-refractivity contribution in [3.05, 3.63) is 12.7 Å². The van der Waals surface area contributed by atoms with Crippen LogP contribution in [0.5, 0.6) is 0 Å². The number of anilines is 2. The zero-order chi connectivity index (χ0) is 14.7. The van der Waals surface area contributed by atoms with Crippen LogP contribution in [0.25, 0.3) is 5.95 Å². The Balaban J connectivity index is 1.75. The third-order valence-corrected chi connectivity index (χ3v) is 3.98. The fourth-order valence-corrected chi connectivity index (χ4v) is 2.81. The molecular weight excluding hydrogens is 268 g/mol. The average molecular weight is 288 g/mol. The molecule has 3 rings (SSSR count). The molecule has 0 aromatic carbocycles. The minimum absolute atomic E-state index is 0.175. The summed E-state index contributed by atoms with van der Waals surface area (Å²) >= 11 is 0. The molecule has 0 amide bonds. The summed E-state index contributed by atoms with van der Waals surface area (Å²) in [6, 6.07) is 0.315. The van der Waals surface area contributed by atoms with Gasteiger partial charge in [0.05, 0.1) is 0 Å². The summed E-state index contributed by atoms with van der Waals surface area (Å²) in [6.07, 6.45) is 9.43. The van der Waals surface area contributed by atoms with E-state index in [1.54, 1.807) is 0 Å². The third kappa shape index (κ3) is 3.26. The maximum absolute atomic E-state index is 5.76. The fourth-order valence-electron chi connectivity index (χ4n) is 2.81. The van der Waals surface area contributed by atoms with Crippen molar-refractivity contribution in [1.82, 2.24) is 29.7 Å². The van der Waals surface area contributed by atoms with Gasteiger partial charge in [0.25, 0.3) is 5.95 Å². The van der Waals surface area contributed by atoms with E-state index in [0.717, 1.165) is 0 Å². The van der Waals surface area contributed by atoms with E-state index in [0.29, 0.717) is 23.9 Å². The second-order valence-corrected chi connectivity index (χ2v) is 5.49. The van der Waals surface area contributed by atoms with E-state index in [-0.39, 0.29) is 5.95 Å². The van der Waals surface area contributed by atoms with Crippen LogP contribution in [0.2, 0.25) is 0 Å². The van der Waals surface area contributed by atoms with Gasteiger partial charge in [-0.15, -0.1) is 0 Å². The highest BCUT2D eigenvalue weighted by Crippen LogP contribution is 2.27. The molecule has 3 N–H and O–H groups in total. The van der Waals surface area contributed by atoms with Crippen molar-refractivity contribution >= 4 is 11.9 Å². The van der Waals surface area contributed by atoms with Crippen LogP contribution in [0.15, 0.2) is 12.7 Å². The van der Waals surface area contributed by atoms with Gasteiger partial charge in [-0.05, 0) is 25.7 Å². The largest absolute Gasteiger partial charge is 0.368 e. The van der Waals surface area contributed by atoms with Gasteiger partial charge >= 0.3 is 0 Å². The van der Waals surface area contributed by atoms with Gasteiger partial charge in [-0.3, -0.25) is 0 Å². The molecule has 8 heteroatoms. The van der Waals surface area contributed by atoms with Crippen molar-refractivity contribution in [2.45, 2.75) is 45.1 Å². The first-order valence-electron chi connectivity index (χ1n) is 7.35. The maximum atomic E-state index is 5.76. The minimum Gasteiger partial charge on any atom is -0.368 e. The molecule has 1 fully saturated rings. The van der Waals surface area contributed by atoms with Crippen LogP contribution < -0.4 is 11.1 Å². The number of nitrogens with one attached hydrogen (secondary N) is 1. The molecule has 1 unspecified atom stereocenters. The number of nitrogen functional groups attached to an aromatic ring is 1. The van der Waals surface area contributed by atoms with E-state index in [2.05, 4.69) is 37.3 Å². The van der Waals surface area contributed by atoms with Gasteiger partial charge in [0.2, 0.25) is 11.9 Å². The molecule has 1 aliphatic rings. The van der Waals surface area contributed by atoms with Crippen molar-refractivity contribution in [2.75, 3.05) is 11.1 Å². The quantitative estimate of drug-likeness (QED) is 0.875. The number of aromatic nitrogens is 6. The lowest BCUT2D eigenvalue weighted by Crippen LogP contribution is -2.29. The second kappa shape index (κ2) is 6.02. The van der Waals surface area contributed by atoms with Gasteiger partial charge in [0, 0.05) is 6.04 Å². The van der Waals surface area contributed by atoms with Crippen molar-refractivity contribution in [3.8, 4) is 5.95 Å². The first-order chi connectivity index (χ1) is 10.2. The smallest absolute Gasteiger partial charge is 0.258 e. The van der Waals surface area contributed by atoms with Crippen molar-refractivity contribution in [3.63, 3.8) is 0 Å². The zero-order valence-corrected chi connectivity index (χ0v) is 12.1. The van der Waals surface area contributed by atoms with Crippen LogP contribution in [0, 0.1) is 5.92 Å². The average Bonchev–Trinajstić information content (AvgIpc) is 3.02. The summed E-state index contributed by atoms with van der Waals surface area (Å²) in [7, 11) is 0. The number of nitrogens with two attached hydrogens (primary N) is 1. The predicted octanol–water partition coefficient (Wildman–Crippen LogP) is 1.42. The van der Waals surface area contributed by atoms with Gasteiger partial charge in [-0.25, -0.2) is 4.98 Å². The Morgan fingerprint density at radius 3 is 2.76 bits per heavy atom. The topological polar surface area (TPSA) is 107 Å². The molecule has 1 atom stereocenters. The fraction of sp³-hybridized carbons (Fsp3) is 0.615. The Kier molecular flexibility index (Phi) is 3.94. The molecule has 1 saturated carbocycles. The van der Waals surface area contributed by atoms with Crippen LogP contribution in [0.3, 0.4) is 0 Å². The normalized spacial score (nSPS) is 17.6. The molecule has 2 aromatic heterocycles. The number of rotatable bonds is 4. The SMILES string of the molecule is CC(Nc1nc(N)nc(-n2cncn2)n1)C1CCCCC1. The summed E-state index contributed by atoms with van der Waals surface area (Å²) in [4.78, 5) is 16.5. The van der Waals surface area contributed by atoms with E-state index in [1.165, 1.54) is 49.4 Å². The number of nitrogens with zero attached hydrogens (tertiary/aromatic N) is 6. The van der Waals surface area contributed by atoms with E-state index >= 15 is 0 Å². The molecular formula is C13H20N8. The zero-order valence-electron chi connectivity index (χ0n) is 12.1. The summed E-state index contributed by atoms with van der Waals surface area (Å²) in [5.41, 5.74) is 5.76. The summed E-state index contributed by atoms with van der Waals surface area (Å²) in [6.45, 7) is 2.17. The van der Waals surface area contributed by atoms with E-state index in [9.17, 15) is 0 Å². The maximum Gasteiger partial charge on any atom is 0.258 e. The Morgan fingerprint density at radius 2 is 2.05 bits per heavy atom. The van der Waals surface area contributed by atoms with Gasteiger partial charge < -0.3 is 11.1 Å².